The minimum atomic E-state index is -2.29. The van der Waals surface area contributed by atoms with Crippen molar-refractivity contribution in [1.82, 2.24) is 4.90 Å². The van der Waals surface area contributed by atoms with Crippen molar-refractivity contribution >= 4 is 0 Å². The van der Waals surface area contributed by atoms with E-state index in [-0.39, 0.29) is 12.6 Å². The van der Waals surface area contributed by atoms with Gasteiger partial charge in [0.25, 0.3) is 6.43 Å². The van der Waals surface area contributed by atoms with Gasteiger partial charge >= 0.3 is 0 Å². The Morgan fingerprint density at radius 2 is 2.21 bits per heavy atom. The number of hydrogen-bond donors (Lipinski definition) is 1. The van der Waals surface area contributed by atoms with E-state index < -0.39 is 6.43 Å². The molecule has 0 radical (unpaired) electrons. The summed E-state index contributed by atoms with van der Waals surface area (Å²) in [4.78, 5) is 1.58. The monoisotopic (exact) mass is 208 g/mol. The molecule has 0 amide bonds. The molecule has 1 heterocycles. The molecular formula is C9H18F2N2O. The van der Waals surface area contributed by atoms with Gasteiger partial charge < -0.3 is 10.5 Å². The van der Waals surface area contributed by atoms with Crippen LogP contribution in [0, 0.1) is 5.92 Å². The molecule has 2 unspecified atom stereocenters. The maximum atomic E-state index is 12.0. The minimum absolute atomic E-state index is 0.0544. The molecule has 0 bridgehead atoms. The summed E-state index contributed by atoms with van der Waals surface area (Å²) in [5.74, 6) is 0.329. The van der Waals surface area contributed by atoms with E-state index in [4.69, 9.17) is 10.5 Å². The lowest BCUT2D eigenvalue weighted by Crippen LogP contribution is -2.42. The Bertz CT molecular complexity index is 163. The number of hydrogen-bond acceptors (Lipinski definition) is 3. The molecule has 1 aliphatic rings. The second-order valence-electron chi connectivity index (χ2n) is 3.90. The zero-order valence-corrected chi connectivity index (χ0v) is 8.46. The summed E-state index contributed by atoms with van der Waals surface area (Å²) in [6.07, 6.45) is -1.34. The molecular weight excluding hydrogens is 190 g/mol. The van der Waals surface area contributed by atoms with Crippen LogP contribution in [0.4, 0.5) is 8.78 Å². The standard InChI is InChI=1S/C9H18F2N2O/c1-13(5-9(10)11)4-8(12)7-2-3-14-6-7/h7-9H,2-6,12H2,1H3. The van der Waals surface area contributed by atoms with Gasteiger partial charge in [-0.05, 0) is 13.5 Å². The van der Waals surface area contributed by atoms with Crippen LogP contribution in [0.3, 0.4) is 0 Å². The maximum Gasteiger partial charge on any atom is 0.251 e. The van der Waals surface area contributed by atoms with Crippen molar-refractivity contribution in [3.05, 3.63) is 0 Å². The zero-order valence-electron chi connectivity index (χ0n) is 8.46. The van der Waals surface area contributed by atoms with E-state index in [9.17, 15) is 8.78 Å². The molecule has 0 aromatic carbocycles. The van der Waals surface area contributed by atoms with Crippen LogP contribution in [-0.4, -0.2) is 50.7 Å². The summed E-state index contributed by atoms with van der Waals surface area (Å²) in [5.41, 5.74) is 5.89. The van der Waals surface area contributed by atoms with Crippen molar-refractivity contribution in [2.24, 2.45) is 11.7 Å². The number of nitrogens with zero attached hydrogens (tertiary/aromatic N) is 1. The van der Waals surface area contributed by atoms with Gasteiger partial charge in [-0.15, -0.1) is 0 Å². The third kappa shape index (κ3) is 3.86. The summed E-state index contributed by atoms with van der Waals surface area (Å²) in [6, 6.07) is -0.0544. The van der Waals surface area contributed by atoms with E-state index in [2.05, 4.69) is 0 Å². The molecule has 0 aromatic heterocycles. The highest BCUT2D eigenvalue weighted by molar-refractivity contribution is 4.78. The van der Waals surface area contributed by atoms with Crippen molar-refractivity contribution in [2.45, 2.75) is 18.9 Å². The first-order valence-electron chi connectivity index (χ1n) is 4.89. The number of rotatable bonds is 5. The highest BCUT2D eigenvalue weighted by atomic mass is 19.3. The van der Waals surface area contributed by atoms with Gasteiger partial charge in [0.2, 0.25) is 0 Å². The van der Waals surface area contributed by atoms with Crippen LogP contribution >= 0.6 is 0 Å². The van der Waals surface area contributed by atoms with Crippen molar-refractivity contribution in [1.29, 1.82) is 0 Å². The first kappa shape index (κ1) is 11.8. The molecule has 1 fully saturated rings. The lowest BCUT2D eigenvalue weighted by molar-refractivity contribution is 0.0934. The molecule has 0 aromatic rings. The molecule has 2 N–H and O–H groups in total. The molecule has 1 saturated heterocycles. The fourth-order valence-corrected chi connectivity index (χ4v) is 1.71. The average molecular weight is 208 g/mol. The summed E-state index contributed by atoms with van der Waals surface area (Å²) in [6.45, 7) is 1.72. The molecule has 1 aliphatic heterocycles. The van der Waals surface area contributed by atoms with Gasteiger partial charge in [0.05, 0.1) is 13.2 Å². The van der Waals surface area contributed by atoms with Gasteiger partial charge in [0, 0.05) is 25.1 Å². The summed E-state index contributed by atoms with van der Waals surface area (Å²) in [7, 11) is 1.67. The number of alkyl halides is 2. The van der Waals surface area contributed by atoms with Gasteiger partial charge in [-0.2, -0.15) is 0 Å². The predicted octanol–water partition coefficient (Wildman–Crippen LogP) is 0.547. The lowest BCUT2D eigenvalue weighted by Gasteiger charge is -2.24. The molecule has 1 rings (SSSR count). The van der Waals surface area contributed by atoms with Crippen LogP contribution in [0.1, 0.15) is 6.42 Å². The number of nitrogens with two attached hydrogens (primary N) is 1. The van der Waals surface area contributed by atoms with Crippen LogP contribution < -0.4 is 5.73 Å². The fourth-order valence-electron chi connectivity index (χ4n) is 1.71. The second-order valence-corrected chi connectivity index (χ2v) is 3.90. The molecule has 84 valence electrons. The topological polar surface area (TPSA) is 38.5 Å². The smallest absolute Gasteiger partial charge is 0.251 e. The highest BCUT2D eigenvalue weighted by Gasteiger charge is 2.24. The predicted molar refractivity (Wildman–Crippen MR) is 50.4 cm³/mol. The van der Waals surface area contributed by atoms with Gasteiger partial charge in [0.15, 0.2) is 0 Å². The molecule has 3 nitrogen and oxygen atoms in total. The van der Waals surface area contributed by atoms with E-state index in [1.807, 2.05) is 0 Å². The third-order valence-electron chi connectivity index (χ3n) is 2.54. The average Bonchev–Trinajstić information content (AvgIpc) is 2.53. The van der Waals surface area contributed by atoms with Crippen molar-refractivity contribution in [2.75, 3.05) is 33.4 Å². The normalized spacial score (nSPS) is 24.9. The number of ether oxygens (including phenoxy) is 1. The molecule has 0 aliphatic carbocycles. The Morgan fingerprint density at radius 3 is 2.71 bits per heavy atom. The van der Waals surface area contributed by atoms with Crippen molar-refractivity contribution in [3.8, 4) is 0 Å². The van der Waals surface area contributed by atoms with E-state index in [0.29, 0.717) is 19.1 Å². The Kier molecular flexibility index (Phi) is 4.71. The SMILES string of the molecule is CN(CC(F)F)CC(N)C1CCOC1. The first-order chi connectivity index (χ1) is 6.59. The van der Waals surface area contributed by atoms with Gasteiger partial charge in [-0.3, -0.25) is 4.90 Å². The Labute approximate surface area is 83.2 Å². The largest absolute Gasteiger partial charge is 0.381 e. The van der Waals surface area contributed by atoms with E-state index in [1.54, 1.807) is 11.9 Å². The van der Waals surface area contributed by atoms with Gasteiger partial charge in [-0.1, -0.05) is 0 Å². The zero-order chi connectivity index (χ0) is 10.6. The highest BCUT2D eigenvalue weighted by Crippen LogP contribution is 2.15. The van der Waals surface area contributed by atoms with Crippen molar-refractivity contribution in [3.63, 3.8) is 0 Å². The first-order valence-corrected chi connectivity index (χ1v) is 4.89. The van der Waals surface area contributed by atoms with Gasteiger partial charge in [0.1, 0.15) is 0 Å². The van der Waals surface area contributed by atoms with Crippen LogP contribution in [0.15, 0.2) is 0 Å². The van der Waals surface area contributed by atoms with Crippen molar-refractivity contribution < 1.29 is 13.5 Å². The fraction of sp³-hybridized carbons (Fsp3) is 1.00. The summed E-state index contributed by atoms with van der Waals surface area (Å²) < 4.78 is 29.2. The Balaban J connectivity index is 2.21. The quantitative estimate of drug-likeness (QED) is 0.717. The molecule has 0 saturated carbocycles. The lowest BCUT2D eigenvalue weighted by atomic mass is 10.00. The minimum Gasteiger partial charge on any atom is -0.381 e. The molecule has 0 spiro atoms. The van der Waals surface area contributed by atoms with E-state index in [0.717, 1.165) is 13.0 Å². The Hall–Kier alpha value is -0.260. The summed E-state index contributed by atoms with van der Waals surface area (Å²) >= 11 is 0. The summed E-state index contributed by atoms with van der Waals surface area (Å²) in [5, 5.41) is 0. The van der Waals surface area contributed by atoms with Crippen LogP contribution in [0.2, 0.25) is 0 Å². The number of likely N-dealkylation sites (N-methyl/N-ethyl adjacent to an activating group) is 1. The van der Waals surface area contributed by atoms with Gasteiger partial charge in [-0.25, -0.2) is 8.78 Å². The molecule has 14 heavy (non-hydrogen) atoms. The molecule has 2 atom stereocenters. The maximum absolute atomic E-state index is 12.0. The third-order valence-corrected chi connectivity index (χ3v) is 2.54. The number of halogens is 2. The van der Waals surface area contributed by atoms with Crippen LogP contribution in [0.25, 0.3) is 0 Å². The van der Waals surface area contributed by atoms with Crippen LogP contribution in [0.5, 0.6) is 0 Å². The van der Waals surface area contributed by atoms with E-state index >= 15 is 0 Å². The second kappa shape index (κ2) is 5.58. The van der Waals surface area contributed by atoms with Crippen LogP contribution in [-0.2, 0) is 4.74 Å². The Morgan fingerprint density at radius 1 is 1.50 bits per heavy atom. The van der Waals surface area contributed by atoms with E-state index in [1.165, 1.54) is 0 Å². The molecule has 5 heteroatoms.